The number of hydroxylamine groups is 2. The second kappa shape index (κ2) is 5.72. The van der Waals surface area contributed by atoms with Crippen LogP contribution >= 0.6 is 0 Å². The fourth-order valence-electron chi connectivity index (χ4n) is 3.01. The van der Waals surface area contributed by atoms with E-state index in [-0.39, 0.29) is 24.0 Å². The van der Waals surface area contributed by atoms with Crippen LogP contribution in [0.4, 0.5) is 0 Å². The SMILES string of the molecule is CC1(C)CC(OCOc2ccccc2)CC(C)(C)N1O. The third kappa shape index (κ3) is 3.51. The van der Waals surface area contributed by atoms with Crippen LogP contribution in [0.3, 0.4) is 0 Å². The van der Waals surface area contributed by atoms with Gasteiger partial charge in [-0.25, -0.2) is 0 Å². The monoisotopic (exact) mass is 279 g/mol. The summed E-state index contributed by atoms with van der Waals surface area (Å²) >= 11 is 0. The van der Waals surface area contributed by atoms with Gasteiger partial charge in [0.25, 0.3) is 0 Å². The van der Waals surface area contributed by atoms with E-state index in [9.17, 15) is 5.21 Å². The lowest BCUT2D eigenvalue weighted by molar-refractivity contribution is -0.264. The van der Waals surface area contributed by atoms with Crippen LogP contribution in [0.15, 0.2) is 30.3 Å². The molecule has 4 nitrogen and oxygen atoms in total. The third-order valence-electron chi connectivity index (χ3n) is 3.87. The summed E-state index contributed by atoms with van der Waals surface area (Å²) in [5.74, 6) is 0.811. The Morgan fingerprint density at radius 3 is 2.20 bits per heavy atom. The number of hydrogen-bond acceptors (Lipinski definition) is 4. The summed E-state index contributed by atoms with van der Waals surface area (Å²) in [6.07, 6.45) is 1.66. The molecular weight excluding hydrogens is 254 g/mol. The molecule has 1 aliphatic heterocycles. The summed E-state index contributed by atoms with van der Waals surface area (Å²) in [4.78, 5) is 0. The molecule has 1 aliphatic rings. The molecule has 0 unspecified atom stereocenters. The number of nitrogens with zero attached hydrogens (tertiary/aromatic N) is 1. The molecule has 0 saturated carbocycles. The van der Waals surface area contributed by atoms with E-state index >= 15 is 0 Å². The van der Waals surface area contributed by atoms with Gasteiger partial charge >= 0.3 is 0 Å². The van der Waals surface area contributed by atoms with Crippen molar-refractivity contribution in [1.29, 1.82) is 0 Å². The van der Waals surface area contributed by atoms with Crippen molar-refractivity contribution in [1.82, 2.24) is 5.06 Å². The van der Waals surface area contributed by atoms with Gasteiger partial charge in [0.2, 0.25) is 0 Å². The minimum absolute atomic E-state index is 0.0899. The first-order valence-corrected chi connectivity index (χ1v) is 7.10. The Kier molecular flexibility index (Phi) is 4.37. The van der Waals surface area contributed by atoms with Gasteiger partial charge in [0.05, 0.1) is 6.10 Å². The van der Waals surface area contributed by atoms with Crippen molar-refractivity contribution >= 4 is 0 Å². The van der Waals surface area contributed by atoms with Crippen LogP contribution in [0.1, 0.15) is 40.5 Å². The normalized spacial score (nSPS) is 22.6. The third-order valence-corrected chi connectivity index (χ3v) is 3.87. The Balaban J connectivity index is 1.87. The molecule has 1 aromatic rings. The lowest BCUT2D eigenvalue weighted by atomic mass is 9.80. The molecule has 0 aromatic heterocycles. The van der Waals surface area contributed by atoms with Gasteiger partial charge in [-0.2, -0.15) is 5.06 Å². The van der Waals surface area contributed by atoms with E-state index in [0.717, 1.165) is 18.6 Å². The molecule has 1 fully saturated rings. The van der Waals surface area contributed by atoms with Crippen LogP contribution in [0, 0.1) is 0 Å². The van der Waals surface area contributed by atoms with Crippen LogP contribution in [0.5, 0.6) is 5.75 Å². The number of piperidine rings is 1. The standard InChI is InChI=1S/C16H25NO3/c1-15(2)10-14(11-16(3,4)17(15)18)20-12-19-13-8-6-5-7-9-13/h5-9,14,18H,10-12H2,1-4H3. The quantitative estimate of drug-likeness (QED) is 0.857. The van der Waals surface area contributed by atoms with Crippen LogP contribution in [-0.4, -0.2) is 34.2 Å². The average molecular weight is 279 g/mol. The minimum atomic E-state index is -0.292. The highest BCUT2D eigenvalue weighted by molar-refractivity contribution is 5.20. The maximum absolute atomic E-state index is 10.2. The first-order valence-electron chi connectivity index (χ1n) is 7.10. The highest BCUT2D eigenvalue weighted by Gasteiger charge is 2.45. The zero-order valence-electron chi connectivity index (χ0n) is 12.8. The maximum Gasteiger partial charge on any atom is 0.189 e. The summed E-state index contributed by atoms with van der Waals surface area (Å²) < 4.78 is 11.4. The lowest BCUT2D eigenvalue weighted by Crippen LogP contribution is -2.60. The van der Waals surface area contributed by atoms with E-state index in [1.165, 1.54) is 5.06 Å². The average Bonchev–Trinajstić information content (AvgIpc) is 2.36. The number of ether oxygens (including phenoxy) is 2. The molecule has 1 N–H and O–H groups in total. The van der Waals surface area contributed by atoms with Crippen molar-refractivity contribution in [2.75, 3.05) is 6.79 Å². The van der Waals surface area contributed by atoms with E-state index in [0.29, 0.717) is 0 Å². The fourth-order valence-corrected chi connectivity index (χ4v) is 3.01. The zero-order valence-corrected chi connectivity index (χ0v) is 12.8. The van der Waals surface area contributed by atoms with Gasteiger partial charge in [0.15, 0.2) is 6.79 Å². The van der Waals surface area contributed by atoms with Crippen LogP contribution < -0.4 is 4.74 Å². The summed E-state index contributed by atoms with van der Waals surface area (Å²) in [6.45, 7) is 8.36. The van der Waals surface area contributed by atoms with Crippen LogP contribution in [0.25, 0.3) is 0 Å². The molecule has 1 saturated heterocycles. The fraction of sp³-hybridized carbons (Fsp3) is 0.625. The first kappa shape index (κ1) is 15.3. The van der Waals surface area contributed by atoms with Gasteiger partial charge < -0.3 is 14.7 Å². The lowest BCUT2D eigenvalue weighted by Gasteiger charge is -2.51. The van der Waals surface area contributed by atoms with Crippen LogP contribution in [-0.2, 0) is 4.74 Å². The van der Waals surface area contributed by atoms with E-state index < -0.39 is 0 Å². The number of benzene rings is 1. The summed E-state index contributed by atoms with van der Waals surface area (Å²) in [6, 6.07) is 9.65. The second-order valence-electron chi connectivity index (χ2n) is 6.71. The van der Waals surface area contributed by atoms with Crippen LogP contribution in [0.2, 0.25) is 0 Å². The van der Waals surface area contributed by atoms with E-state index in [1.807, 2.05) is 58.0 Å². The molecular formula is C16H25NO3. The second-order valence-corrected chi connectivity index (χ2v) is 6.71. The van der Waals surface area contributed by atoms with Crippen molar-refractivity contribution < 1.29 is 14.7 Å². The smallest absolute Gasteiger partial charge is 0.189 e. The number of hydrogen-bond donors (Lipinski definition) is 1. The first-order chi connectivity index (χ1) is 9.31. The Labute approximate surface area is 121 Å². The summed E-state index contributed by atoms with van der Waals surface area (Å²) in [7, 11) is 0. The molecule has 0 aliphatic carbocycles. The largest absolute Gasteiger partial charge is 0.468 e. The van der Waals surface area contributed by atoms with E-state index in [4.69, 9.17) is 9.47 Å². The highest BCUT2D eigenvalue weighted by Crippen LogP contribution is 2.37. The molecule has 0 spiro atoms. The van der Waals surface area contributed by atoms with Gasteiger partial charge in [0.1, 0.15) is 5.75 Å². The Morgan fingerprint density at radius 1 is 1.10 bits per heavy atom. The van der Waals surface area contributed by atoms with Gasteiger partial charge in [0, 0.05) is 11.1 Å². The molecule has 2 rings (SSSR count). The topological polar surface area (TPSA) is 41.9 Å². The number of para-hydroxylation sites is 1. The van der Waals surface area contributed by atoms with Crippen molar-refractivity contribution in [3.63, 3.8) is 0 Å². The summed E-state index contributed by atoms with van der Waals surface area (Å²) in [5, 5.41) is 11.7. The summed E-state index contributed by atoms with van der Waals surface area (Å²) in [5.41, 5.74) is -0.585. The molecule has 0 amide bonds. The molecule has 20 heavy (non-hydrogen) atoms. The Hall–Kier alpha value is -1.10. The molecule has 1 heterocycles. The number of rotatable bonds is 4. The predicted octanol–water partition coefficient (Wildman–Crippen LogP) is 3.45. The molecule has 112 valence electrons. The molecule has 0 bridgehead atoms. The molecule has 0 radical (unpaired) electrons. The highest BCUT2D eigenvalue weighted by atomic mass is 16.7. The molecule has 4 heteroatoms. The van der Waals surface area contributed by atoms with Crippen molar-refractivity contribution in [2.24, 2.45) is 0 Å². The molecule has 0 atom stereocenters. The van der Waals surface area contributed by atoms with Gasteiger partial charge in [-0.15, -0.1) is 0 Å². The molecule has 1 aromatic carbocycles. The Bertz CT molecular complexity index is 413. The Morgan fingerprint density at radius 2 is 1.65 bits per heavy atom. The zero-order chi connectivity index (χ0) is 14.8. The van der Waals surface area contributed by atoms with E-state index in [2.05, 4.69) is 0 Å². The van der Waals surface area contributed by atoms with Crippen molar-refractivity contribution in [3.8, 4) is 5.75 Å². The predicted molar refractivity (Wildman–Crippen MR) is 77.8 cm³/mol. The van der Waals surface area contributed by atoms with Gasteiger partial charge in [-0.05, 0) is 52.7 Å². The van der Waals surface area contributed by atoms with E-state index in [1.54, 1.807) is 0 Å². The van der Waals surface area contributed by atoms with Gasteiger partial charge in [-0.1, -0.05) is 18.2 Å². The van der Waals surface area contributed by atoms with Crippen molar-refractivity contribution in [3.05, 3.63) is 30.3 Å². The maximum atomic E-state index is 10.2. The minimum Gasteiger partial charge on any atom is -0.468 e. The van der Waals surface area contributed by atoms with Crippen molar-refractivity contribution in [2.45, 2.75) is 57.7 Å². The van der Waals surface area contributed by atoms with Gasteiger partial charge in [-0.3, -0.25) is 0 Å².